The quantitative estimate of drug-likeness (QED) is 0.138. The first-order valence-corrected chi connectivity index (χ1v) is 9.41. The van der Waals surface area contributed by atoms with E-state index in [9.17, 15) is 4.79 Å². The highest BCUT2D eigenvalue weighted by molar-refractivity contribution is 5.74. The lowest BCUT2D eigenvalue weighted by molar-refractivity contribution is -0.143. The third kappa shape index (κ3) is 4.82. The minimum absolute atomic E-state index is 0.202. The van der Waals surface area contributed by atoms with E-state index in [-0.39, 0.29) is 18.9 Å². The second-order valence-electron chi connectivity index (χ2n) is 6.46. The molecule has 0 unspecified atom stereocenters. The molecule has 0 atom stereocenters. The number of hydrogen-bond acceptors (Lipinski definition) is 3. The van der Waals surface area contributed by atoms with Gasteiger partial charge in [-0.2, -0.15) is 0 Å². The highest BCUT2D eigenvalue weighted by Gasteiger charge is 2.38. The van der Waals surface area contributed by atoms with Crippen LogP contribution in [-0.4, -0.2) is 12.5 Å². The maximum Gasteiger partial charge on any atom is 0.243 e. The predicted molar refractivity (Wildman–Crippen MR) is 112 cm³/mol. The van der Waals surface area contributed by atoms with Crippen LogP contribution in [0.15, 0.2) is 96.1 Å². The Labute approximate surface area is 169 Å². The van der Waals surface area contributed by atoms with Crippen molar-refractivity contribution < 1.29 is 9.63 Å². The molecule has 146 valence electrons. The minimum atomic E-state index is -1.01. The summed E-state index contributed by atoms with van der Waals surface area (Å²) in [4.78, 5) is 21.3. The van der Waals surface area contributed by atoms with Crippen molar-refractivity contribution in [3.05, 3.63) is 118 Å². The smallest absolute Gasteiger partial charge is 0.243 e. The zero-order chi connectivity index (χ0) is 20.4. The first kappa shape index (κ1) is 20.1. The van der Waals surface area contributed by atoms with E-state index in [1.54, 1.807) is 0 Å². The van der Waals surface area contributed by atoms with Crippen LogP contribution in [-0.2, 0) is 15.2 Å². The standard InChI is InChI=1S/C23H22N4O2/c24-27-25-18-10-17-22(28)26-29-23(19-11-4-1-5-12-19,20-13-6-2-7-14-20)21-15-8-3-9-16-21/h1-9,11-16H,10,17-18H2,(H,26,28). The van der Waals surface area contributed by atoms with Crippen LogP contribution in [0.25, 0.3) is 10.4 Å². The molecule has 0 aliphatic heterocycles. The number of hydrogen-bond donors (Lipinski definition) is 1. The van der Waals surface area contributed by atoms with Crippen LogP contribution in [0.5, 0.6) is 0 Å². The van der Waals surface area contributed by atoms with Gasteiger partial charge in [0.25, 0.3) is 0 Å². The molecule has 0 heterocycles. The number of carbonyl (C=O) groups is 1. The Bertz CT molecular complexity index is 859. The van der Waals surface area contributed by atoms with Crippen molar-refractivity contribution in [1.82, 2.24) is 5.48 Å². The number of azide groups is 1. The topological polar surface area (TPSA) is 87.1 Å². The second kappa shape index (κ2) is 10.1. The second-order valence-corrected chi connectivity index (χ2v) is 6.46. The fraction of sp³-hybridized carbons (Fsp3) is 0.174. The molecule has 0 aliphatic rings. The maximum atomic E-state index is 12.4. The summed E-state index contributed by atoms with van der Waals surface area (Å²) in [5.74, 6) is -0.273. The van der Waals surface area contributed by atoms with Crippen molar-refractivity contribution in [2.24, 2.45) is 5.11 Å². The van der Waals surface area contributed by atoms with E-state index >= 15 is 0 Å². The van der Waals surface area contributed by atoms with E-state index in [1.807, 2.05) is 91.0 Å². The van der Waals surface area contributed by atoms with Crippen LogP contribution in [0.4, 0.5) is 0 Å². The molecule has 3 rings (SSSR count). The summed E-state index contributed by atoms with van der Waals surface area (Å²) in [5, 5.41) is 3.46. The van der Waals surface area contributed by atoms with Gasteiger partial charge in [0, 0.05) is 17.9 Å². The van der Waals surface area contributed by atoms with Crippen molar-refractivity contribution in [3.63, 3.8) is 0 Å². The minimum Gasteiger partial charge on any atom is -0.273 e. The Morgan fingerprint density at radius 3 is 1.72 bits per heavy atom. The predicted octanol–water partition coefficient (Wildman–Crippen LogP) is 5.12. The van der Waals surface area contributed by atoms with E-state index in [0.717, 1.165) is 16.7 Å². The lowest BCUT2D eigenvalue weighted by Gasteiger charge is -2.35. The summed E-state index contributed by atoms with van der Waals surface area (Å²) in [5.41, 5.74) is 12.7. The third-order valence-corrected chi connectivity index (χ3v) is 4.58. The molecule has 0 aromatic heterocycles. The first-order valence-electron chi connectivity index (χ1n) is 9.41. The van der Waals surface area contributed by atoms with Crippen LogP contribution < -0.4 is 5.48 Å². The average Bonchev–Trinajstić information content (AvgIpc) is 2.79. The normalized spacial score (nSPS) is 10.8. The number of benzene rings is 3. The van der Waals surface area contributed by atoms with Crippen LogP contribution in [0.1, 0.15) is 29.5 Å². The Morgan fingerprint density at radius 2 is 1.31 bits per heavy atom. The van der Waals surface area contributed by atoms with Crippen LogP contribution in [0.2, 0.25) is 0 Å². The number of rotatable bonds is 9. The van der Waals surface area contributed by atoms with Gasteiger partial charge < -0.3 is 0 Å². The highest BCUT2D eigenvalue weighted by atomic mass is 16.7. The number of nitrogens with one attached hydrogen (secondary N) is 1. The molecule has 0 fully saturated rings. The van der Waals surface area contributed by atoms with Gasteiger partial charge in [-0.1, -0.05) is 96.1 Å². The summed E-state index contributed by atoms with van der Waals surface area (Å²) < 4.78 is 0. The SMILES string of the molecule is [N-]=[N+]=NCCCC(=O)NOC(c1ccccc1)(c1ccccc1)c1ccccc1. The molecule has 3 aromatic rings. The fourth-order valence-electron chi connectivity index (χ4n) is 3.23. The largest absolute Gasteiger partial charge is 0.273 e. The van der Waals surface area contributed by atoms with Gasteiger partial charge in [0.15, 0.2) is 5.60 Å². The van der Waals surface area contributed by atoms with Crippen molar-refractivity contribution in [3.8, 4) is 0 Å². The van der Waals surface area contributed by atoms with Crippen molar-refractivity contribution >= 4 is 5.91 Å². The van der Waals surface area contributed by atoms with Gasteiger partial charge in [-0.15, -0.1) is 0 Å². The van der Waals surface area contributed by atoms with E-state index < -0.39 is 5.60 Å². The number of nitrogens with zero attached hydrogens (tertiary/aromatic N) is 3. The van der Waals surface area contributed by atoms with E-state index in [4.69, 9.17) is 10.4 Å². The molecular weight excluding hydrogens is 364 g/mol. The van der Waals surface area contributed by atoms with E-state index in [0.29, 0.717) is 6.42 Å². The highest BCUT2D eigenvalue weighted by Crippen LogP contribution is 2.39. The lowest BCUT2D eigenvalue weighted by atomic mass is 9.80. The first-order chi connectivity index (χ1) is 14.3. The fourth-order valence-corrected chi connectivity index (χ4v) is 3.23. The molecule has 0 bridgehead atoms. The zero-order valence-electron chi connectivity index (χ0n) is 15.9. The summed E-state index contributed by atoms with van der Waals surface area (Å²) in [7, 11) is 0. The molecule has 1 amide bonds. The molecular formula is C23H22N4O2. The number of hydroxylamine groups is 1. The Morgan fingerprint density at radius 1 is 0.862 bits per heavy atom. The average molecular weight is 386 g/mol. The molecule has 0 saturated heterocycles. The van der Waals surface area contributed by atoms with Gasteiger partial charge in [-0.3, -0.25) is 9.63 Å². The van der Waals surface area contributed by atoms with Crippen LogP contribution in [0, 0.1) is 0 Å². The van der Waals surface area contributed by atoms with E-state index in [1.165, 1.54) is 0 Å². The molecule has 3 aromatic carbocycles. The monoisotopic (exact) mass is 386 g/mol. The molecule has 0 spiro atoms. The summed E-state index contributed by atoms with van der Waals surface area (Å²) >= 11 is 0. The van der Waals surface area contributed by atoms with Crippen LogP contribution in [0.3, 0.4) is 0 Å². The molecule has 0 aliphatic carbocycles. The summed E-state index contributed by atoms with van der Waals surface area (Å²) in [6.45, 7) is 0.269. The van der Waals surface area contributed by atoms with Gasteiger partial charge in [0.1, 0.15) is 0 Å². The Balaban J connectivity index is 1.99. The van der Waals surface area contributed by atoms with Gasteiger partial charge in [0.05, 0.1) is 0 Å². The number of carbonyl (C=O) groups excluding carboxylic acids is 1. The van der Waals surface area contributed by atoms with Gasteiger partial charge in [-0.05, 0) is 28.6 Å². The lowest BCUT2D eigenvalue weighted by Crippen LogP contribution is -2.40. The van der Waals surface area contributed by atoms with Crippen molar-refractivity contribution in [1.29, 1.82) is 0 Å². The van der Waals surface area contributed by atoms with Crippen LogP contribution >= 0.6 is 0 Å². The zero-order valence-corrected chi connectivity index (χ0v) is 15.9. The van der Waals surface area contributed by atoms with Gasteiger partial charge >= 0.3 is 0 Å². The molecule has 0 radical (unpaired) electrons. The third-order valence-electron chi connectivity index (χ3n) is 4.58. The maximum absolute atomic E-state index is 12.4. The molecule has 0 saturated carbocycles. The molecule has 29 heavy (non-hydrogen) atoms. The van der Waals surface area contributed by atoms with Crippen molar-refractivity contribution in [2.75, 3.05) is 6.54 Å². The summed E-state index contributed by atoms with van der Waals surface area (Å²) in [6, 6.07) is 29.4. The van der Waals surface area contributed by atoms with Crippen molar-refractivity contribution in [2.45, 2.75) is 18.4 Å². The molecule has 6 nitrogen and oxygen atoms in total. The number of amides is 1. The summed E-state index contributed by atoms with van der Waals surface area (Å²) in [6.07, 6.45) is 0.654. The molecule has 1 N–H and O–H groups in total. The molecule has 6 heteroatoms. The van der Waals surface area contributed by atoms with Gasteiger partial charge in [0.2, 0.25) is 5.91 Å². The van der Waals surface area contributed by atoms with Gasteiger partial charge in [-0.25, -0.2) is 5.48 Å². The Kier molecular flexibility index (Phi) is 7.00. The Hall–Kier alpha value is -3.60. The van der Waals surface area contributed by atoms with E-state index in [2.05, 4.69) is 15.5 Å².